The Balaban J connectivity index is 2.16. The summed E-state index contributed by atoms with van der Waals surface area (Å²) >= 11 is 0. The van der Waals surface area contributed by atoms with Crippen molar-refractivity contribution in [2.24, 2.45) is 0 Å². The van der Waals surface area contributed by atoms with E-state index in [2.05, 4.69) is 9.97 Å². The number of carbonyl (C=O) groups is 3. The summed E-state index contributed by atoms with van der Waals surface area (Å²) in [5.74, 6) is -1.27. The van der Waals surface area contributed by atoms with Gasteiger partial charge in [0, 0.05) is 18.0 Å². The maximum absolute atomic E-state index is 12.7. The number of aromatic nitrogens is 2. The summed E-state index contributed by atoms with van der Waals surface area (Å²) in [5.41, 5.74) is 1.71. The standard InChI is InChI=1S/C19H22N2O6/c1-6-26-19(24)15-10(2)16(21-11(15)3)17(22)12(4)27-18(23)13-7-8-14(25-5)20-9-13/h7-9,12,21H,6H2,1-5H3/t12-/m0/s1. The molecule has 8 heteroatoms. The highest BCUT2D eigenvalue weighted by Crippen LogP contribution is 2.21. The fourth-order valence-electron chi connectivity index (χ4n) is 2.61. The molecule has 1 N–H and O–H groups in total. The van der Waals surface area contributed by atoms with E-state index in [1.54, 1.807) is 20.8 Å². The zero-order valence-electron chi connectivity index (χ0n) is 15.9. The third-order valence-electron chi connectivity index (χ3n) is 4.00. The van der Waals surface area contributed by atoms with Crippen molar-refractivity contribution in [3.05, 3.63) is 46.4 Å². The molecule has 0 bridgehead atoms. The van der Waals surface area contributed by atoms with Gasteiger partial charge in [-0.15, -0.1) is 0 Å². The van der Waals surface area contributed by atoms with Gasteiger partial charge in [0.25, 0.3) is 0 Å². The summed E-state index contributed by atoms with van der Waals surface area (Å²) in [6, 6.07) is 3.02. The number of ketones is 1. The largest absolute Gasteiger partial charge is 0.481 e. The van der Waals surface area contributed by atoms with E-state index in [0.717, 1.165) is 0 Å². The molecule has 144 valence electrons. The highest BCUT2D eigenvalue weighted by atomic mass is 16.5. The van der Waals surface area contributed by atoms with Crippen LogP contribution in [0.25, 0.3) is 0 Å². The van der Waals surface area contributed by atoms with Gasteiger partial charge in [0.15, 0.2) is 6.10 Å². The number of pyridine rings is 1. The minimum Gasteiger partial charge on any atom is -0.481 e. The second kappa shape index (κ2) is 8.48. The van der Waals surface area contributed by atoms with E-state index in [1.807, 2.05) is 0 Å². The highest BCUT2D eigenvalue weighted by molar-refractivity contribution is 6.04. The second-order valence-electron chi connectivity index (χ2n) is 5.85. The molecule has 0 saturated carbocycles. The van der Waals surface area contributed by atoms with Gasteiger partial charge in [0.2, 0.25) is 11.7 Å². The van der Waals surface area contributed by atoms with Gasteiger partial charge in [-0.25, -0.2) is 14.6 Å². The lowest BCUT2D eigenvalue weighted by Gasteiger charge is -2.12. The Hall–Kier alpha value is -3.16. The number of rotatable bonds is 7. The number of Topliss-reactive ketones (excluding diaryl/α,β-unsaturated/α-hetero) is 1. The molecule has 0 aliphatic rings. The van der Waals surface area contributed by atoms with Crippen LogP contribution in [0.1, 0.15) is 56.3 Å². The predicted molar refractivity (Wildman–Crippen MR) is 96.2 cm³/mol. The van der Waals surface area contributed by atoms with E-state index < -0.39 is 23.8 Å². The van der Waals surface area contributed by atoms with Crippen molar-refractivity contribution in [1.29, 1.82) is 0 Å². The second-order valence-corrected chi connectivity index (χ2v) is 5.85. The average molecular weight is 374 g/mol. The third kappa shape index (κ3) is 4.33. The molecule has 0 aromatic carbocycles. The SMILES string of the molecule is CCOC(=O)c1c(C)[nH]c(C(=O)[C@H](C)OC(=O)c2ccc(OC)nc2)c1C. The number of carbonyl (C=O) groups excluding carboxylic acids is 3. The number of nitrogens with zero attached hydrogens (tertiary/aromatic N) is 1. The molecule has 2 heterocycles. The lowest BCUT2D eigenvalue weighted by molar-refractivity contribution is 0.0316. The normalized spacial score (nSPS) is 11.6. The first-order valence-corrected chi connectivity index (χ1v) is 8.41. The minimum atomic E-state index is -1.05. The number of aryl methyl sites for hydroxylation is 1. The molecule has 2 aromatic heterocycles. The first kappa shape index (κ1) is 20.2. The molecule has 8 nitrogen and oxygen atoms in total. The molecule has 2 rings (SSSR count). The third-order valence-corrected chi connectivity index (χ3v) is 4.00. The molecule has 0 unspecified atom stereocenters. The molecule has 0 amide bonds. The summed E-state index contributed by atoms with van der Waals surface area (Å²) in [6.45, 7) is 6.73. The van der Waals surface area contributed by atoms with Crippen LogP contribution in [-0.4, -0.2) is 47.5 Å². The van der Waals surface area contributed by atoms with Gasteiger partial charge in [-0.1, -0.05) is 0 Å². The van der Waals surface area contributed by atoms with Crippen LogP contribution in [0, 0.1) is 13.8 Å². The molecule has 0 fully saturated rings. The van der Waals surface area contributed by atoms with Crippen LogP contribution in [0.2, 0.25) is 0 Å². The maximum atomic E-state index is 12.7. The van der Waals surface area contributed by atoms with Crippen LogP contribution in [0.15, 0.2) is 18.3 Å². The summed E-state index contributed by atoms with van der Waals surface area (Å²) in [4.78, 5) is 43.8. The predicted octanol–water partition coefficient (Wildman–Crippen LogP) is 2.64. The lowest BCUT2D eigenvalue weighted by atomic mass is 10.1. The number of ether oxygens (including phenoxy) is 3. The van der Waals surface area contributed by atoms with Crippen LogP contribution in [-0.2, 0) is 9.47 Å². The number of hydrogen-bond donors (Lipinski definition) is 1. The zero-order valence-corrected chi connectivity index (χ0v) is 15.9. The van der Waals surface area contributed by atoms with Crippen LogP contribution in [0.3, 0.4) is 0 Å². The Labute approximate surface area is 156 Å². The molecule has 0 aliphatic carbocycles. The Kier molecular flexibility index (Phi) is 6.33. The van der Waals surface area contributed by atoms with Crippen LogP contribution in [0.4, 0.5) is 0 Å². The van der Waals surface area contributed by atoms with Gasteiger partial charge < -0.3 is 19.2 Å². The van der Waals surface area contributed by atoms with Crippen molar-refractivity contribution >= 4 is 17.7 Å². The number of nitrogens with one attached hydrogen (secondary N) is 1. The molecular weight excluding hydrogens is 352 g/mol. The average Bonchev–Trinajstić information content (AvgIpc) is 2.95. The maximum Gasteiger partial charge on any atom is 0.340 e. The van der Waals surface area contributed by atoms with Gasteiger partial charge >= 0.3 is 11.9 Å². The van der Waals surface area contributed by atoms with Gasteiger partial charge in [-0.3, -0.25) is 4.79 Å². The smallest absolute Gasteiger partial charge is 0.340 e. The minimum absolute atomic E-state index is 0.196. The molecule has 27 heavy (non-hydrogen) atoms. The fourth-order valence-corrected chi connectivity index (χ4v) is 2.61. The molecule has 0 spiro atoms. The Morgan fingerprint density at radius 2 is 1.89 bits per heavy atom. The van der Waals surface area contributed by atoms with Crippen LogP contribution in [0.5, 0.6) is 5.88 Å². The molecule has 2 aromatic rings. The van der Waals surface area contributed by atoms with Crippen molar-refractivity contribution in [3.8, 4) is 5.88 Å². The molecule has 0 aliphatic heterocycles. The topological polar surface area (TPSA) is 108 Å². The number of aromatic amines is 1. The molecule has 0 saturated heterocycles. The summed E-state index contributed by atoms with van der Waals surface area (Å²) in [6.07, 6.45) is 0.257. The summed E-state index contributed by atoms with van der Waals surface area (Å²) in [5, 5.41) is 0. The van der Waals surface area contributed by atoms with E-state index in [1.165, 1.54) is 32.4 Å². The van der Waals surface area contributed by atoms with Gasteiger partial charge in [-0.2, -0.15) is 0 Å². The Morgan fingerprint density at radius 3 is 2.44 bits per heavy atom. The van der Waals surface area contributed by atoms with Crippen molar-refractivity contribution in [1.82, 2.24) is 9.97 Å². The van der Waals surface area contributed by atoms with E-state index in [0.29, 0.717) is 22.7 Å². The van der Waals surface area contributed by atoms with Gasteiger partial charge in [0.05, 0.1) is 30.5 Å². The van der Waals surface area contributed by atoms with Crippen LogP contribution < -0.4 is 4.74 Å². The van der Waals surface area contributed by atoms with Crippen molar-refractivity contribution < 1.29 is 28.6 Å². The van der Waals surface area contributed by atoms with Crippen molar-refractivity contribution in [3.63, 3.8) is 0 Å². The number of methoxy groups -OCH3 is 1. The monoisotopic (exact) mass is 374 g/mol. The van der Waals surface area contributed by atoms with Crippen LogP contribution >= 0.6 is 0 Å². The van der Waals surface area contributed by atoms with Crippen molar-refractivity contribution in [2.75, 3.05) is 13.7 Å². The zero-order chi connectivity index (χ0) is 20.1. The highest BCUT2D eigenvalue weighted by Gasteiger charge is 2.27. The Bertz CT molecular complexity index is 854. The first-order chi connectivity index (χ1) is 12.8. The number of esters is 2. The van der Waals surface area contributed by atoms with E-state index >= 15 is 0 Å². The quantitative estimate of drug-likeness (QED) is 0.586. The summed E-state index contributed by atoms with van der Waals surface area (Å²) < 4.78 is 15.2. The number of hydrogen-bond acceptors (Lipinski definition) is 7. The Morgan fingerprint density at radius 1 is 1.19 bits per heavy atom. The lowest BCUT2D eigenvalue weighted by Crippen LogP contribution is -2.25. The summed E-state index contributed by atoms with van der Waals surface area (Å²) in [7, 11) is 1.46. The first-order valence-electron chi connectivity index (χ1n) is 8.41. The van der Waals surface area contributed by atoms with E-state index in [4.69, 9.17) is 14.2 Å². The molecule has 0 radical (unpaired) electrons. The molecular formula is C19H22N2O6. The van der Waals surface area contributed by atoms with Gasteiger partial charge in [-0.05, 0) is 39.3 Å². The fraction of sp³-hybridized carbons (Fsp3) is 0.368. The van der Waals surface area contributed by atoms with Gasteiger partial charge in [0.1, 0.15) is 0 Å². The van der Waals surface area contributed by atoms with E-state index in [-0.39, 0.29) is 17.9 Å². The van der Waals surface area contributed by atoms with E-state index in [9.17, 15) is 14.4 Å². The molecule has 1 atom stereocenters. The number of H-pyrrole nitrogens is 1. The van der Waals surface area contributed by atoms with Crippen molar-refractivity contribution in [2.45, 2.75) is 33.8 Å².